The van der Waals surface area contributed by atoms with Crippen LogP contribution in [0.5, 0.6) is 0 Å². The minimum Gasteiger partial charge on any atom is -0.326 e. The van der Waals surface area contributed by atoms with Crippen LogP contribution in [-0.2, 0) is 6.54 Å². The highest BCUT2D eigenvalue weighted by molar-refractivity contribution is 7.19. The molecule has 0 saturated heterocycles. The molecule has 0 saturated carbocycles. The van der Waals surface area contributed by atoms with E-state index < -0.39 is 0 Å². The molecular formula is C10H9F2NS. The van der Waals surface area contributed by atoms with Crippen molar-refractivity contribution < 1.29 is 8.78 Å². The Hall–Kier alpha value is -1.00. The van der Waals surface area contributed by atoms with Crippen molar-refractivity contribution in [2.75, 3.05) is 0 Å². The zero-order chi connectivity index (χ0) is 10.3. The molecule has 0 bridgehead atoms. The van der Waals surface area contributed by atoms with E-state index in [4.69, 9.17) is 5.73 Å². The van der Waals surface area contributed by atoms with Crippen LogP contribution in [0.2, 0.25) is 0 Å². The summed E-state index contributed by atoms with van der Waals surface area (Å²) in [4.78, 5) is 0.837. The highest BCUT2D eigenvalue weighted by atomic mass is 32.1. The second kappa shape index (κ2) is 3.29. The summed E-state index contributed by atoms with van der Waals surface area (Å²) in [6.45, 7) is 2.09. The smallest absolute Gasteiger partial charge is 0.141 e. The van der Waals surface area contributed by atoms with Gasteiger partial charge in [-0.25, -0.2) is 8.78 Å². The predicted molar refractivity (Wildman–Crippen MR) is 54.4 cm³/mol. The highest BCUT2D eigenvalue weighted by Crippen LogP contribution is 2.33. The van der Waals surface area contributed by atoms with Crippen LogP contribution in [0, 0.1) is 18.6 Å². The molecule has 0 atom stereocenters. The molecule has 0 aliphatic carbocycles. The Bertz CT molecular complexity index is 490. The number of halogens is 2. The number of hydrogen-bond acceptors (Lipinski definition) is 2. The van der Waals surface area contributed by atoms with Gasteiger partial charge in [0.25, 0.3) is 0 Å². The molecule has 1 aromatic carbocycles. The summed E-state index contributed by atoms with van der Waals surface area (Å²) in [5, 5.41) is 0.371. The summed E-state index contributed by atoms with van der Waals surface area (Å²) in [6, 6.07) is 2.30. The summed E-state index contributed by atoms with van der Waals surface area (Å²) in [5.74, 6) is -0.760. The van der Waals surface area contributed by atoms with E-state index in [2.05, 4.69) is 0 Å². The van der Waals surface area contributed by atoms with Gasteiger partial charge in [0.2, 0.25) is 0 Å². The van der Waals surface area contributed by atoms with E-state index in [1.54, 1.807) is 6.92 Å². The first kappa shape index (κ1) is 9.55. The zero-order valence-corrected chi connectivity index (χ0v) is 8.42. The summed E-state index contributed by atoms with van der Waals surface area (Å²) in [6.07, 6.45) is 0. The van der Waals surface area contributed by atoms with Crippen LogP contribution in [0.3, 0.4) is 0 Å². The molecule has 1 heterocycles. The lowest BCUT2D eigenvalue weighted by Gasteiger charge is -1.95. The Labute approximate surface area is 84.2 Å². The summed E-state index contributed by atoms with van der Waals surface area (Å²) in [7, 11) is 0. The molecule has 2 N–H and O–H groups in total. The molecule has 0 amide bonds. The molecule has 2 aromatic rings. The van der Waals surface area contributed by atoms with Gasteiger partial charge in [-0.05, 0) is 24.6 Å². The quantitative estimate of drug-likeness (QED) is 0.774. The number of nitrogens with two attached hydrogens (primary N) is 1. The molecule has 14 heavy (non-hydrogen) atoms. The Kier molecular flexibility index (Phi) is 2.25. The third-order valence-electron chi connectivity index (χ3n) is 2.26. The monoisotopic (exact) mass is 213 g/mol. The van der Waals surface area contributed by atoms with Crippen LogP contribution in [0.25, 0.3) is 10.1 Å². The van der Waals surface area contributed by atoms with Crippen LogP contribution < -0.4 is 5.73 Å². The second-order valence-corrected chi connectivity index (χ2v) is 4.19. The molecule has 0 radical (unpaired) electrons. The fourth-order valence-electron chi connectivity index (χ4n) is 1.52. The largest absolute Gasteiger partial charge is 0.326 e. The fourth-order valence-corrected chi connectivity index (χ4v) is 2.62. The van der Waals surface area contributed by atoms with Crippen molar-refractivity contribution in [1.29, 1.82) is 0 Å². The maximum absolute atomic E-state index is 13.4. The minimum absolute atomic E-state index is 0.323. The molecule has 1 nitrogen and oxygen atoms in total. The zero-order valence-electron chi connectivity index (χ0n) is 7.60. The molecule has 2 rings (SSSR count). The number of fused-ring (bicyclic) bond motifs is 1. The van der Waals surface area contributed by atoms with Gasteiger partial charge in [0, 0.05) is 16.8 Å². The molecule has 0 unspecified atom stereocenters. The lowest BCUT2D eigenvalue weighted by molar-refractivity contribution is 0.619. The minimum atomic E-state index is -0.380. The number of thiophene rings is 1. The summed E-state index contributed by atoms with van der Waals surface area (Å²) in [5.41, 5.74) is 6.23. The van der Waals surface area contributed by atoms with Crippen molar-refractivity contribution in [1.82, 2.24) is 0 Å². The number of hydrogen-bond donors (Lipinski definition) is 1. The van der Waals surface area contributed by atoms with Crippen LogP contribution in [0.1, 0.15) is 10.4 Å². The Morgan fingerprint density at radius 3 is 2.50 bits per heavy atom. The van der Waals surface area contributed by atoms with Crippen molar-refractivity contribution >= 4 is 21.4 Å². The number of rotatable bonds is 1. The number of aryl methyl sites for hydroxylation is 1. The first-order valence-electron chi connectivity index (χ1n) is 4.21. The first-order valence-corrected chi connectivity index (χ1v) is 5.03. The fraction of sp³-hybridized carbons (Fsp3) is 0.200. The summed E-state index contributed by atoms with van der Waals surface area (Å²) >= 11 is 1.22. The van der Waals surface area contributed by atoms with Crippen molar-refractivity contribution in [2.45, 2.75) is 13.5 Å². The van der Waals surface area contributed by atoms with Crippen molar-refractivity contribution in [3.05, 3.63) is 34.2 Å². The molecule has 4 heteroatoms. The lowest BCUT2D eigenvalue weighted by atomic mass is 10.1. The first-order chi connectivity index (χ1) is 6.65. The van der Waals surface area contributed by atoms with Crippen molar-refractivity contribution in [2.24, 2.45) is 5.73 Å². The van der Waals surface area contributed by atoms with Crippen LogP contribution in [-0.4, -0.2) is 0 Å². The van der Waals surface area contributed by atoms with Crippen molar-refractivity contribution in [3.63, 3.8) is 0 Å². The molecule has 0 aliphatic heterocycles. The molecule has 74 valence electrons. The average Bonchev–Trinajstić information content (AvgIpc) is 2.51. The van der Waals surface area contributed by atoms with Crippen LogP contribution in [0.15, 0.2) is 12.1 Å². The van der Waals surface area contributed by atoms with Gasteiger partial charge in [0.1, 0.15) is 11.6 Å². The molecule has 0 fully saturated rings. The maximum Gasteiger partial charge on any atom is 0.141 e. The van der Waals surface area contributed by atoms with Gasteiger partial charge in [0.05, 0.1) is 4.70 Å². The van der Waals surface area contributed by atoms with Crippen LogP contribution >= 0.6 is 11.3 Å². The van der Waals surface area contributed by atoms with Gasteiger partial charge in [-0.3, -0.25) is 0 Å². The Morgan fingerprint density at radius 1 is 1.29 bits per heavy atom. The molecule has 1 aromatic heterocycles. The SMILES string of the molecule is Cc1c(CN)sc2c(F)ccc(F)c12. The highest BCUT2D eigenvalue weighted by Gasteiger charge is 2.14. The maximum atomic E-state index is 13.4. The lowest BCUT2D eigenvalue weighted by Crippen LogP contribution is -1.94. The van der Waals surface area contributed by atoms with E-state index in [-0.39, 0.29) is 11.6 Å². The van der Waals surface area contributed by atoms with E-state index in [0.717, 1.165) is 22.6 Å². The standard InChI is InChI=1S/C10H9F2NS/c1-5-8(4-13)14-10-7(12)3-2-6(11)9(5)10/h2-3H,4,13H2,1H3. The third kappa shape index (κ3) is 1.22. The van der Waals surface area contributed by atoms with Gasteiger partial charge in [0.15, 0.2) is 0 Å². The predicted octanol–water partition coefficient (Wildman–Crippen LogP) is 2.95. The Balaban J connectivity index is 2.90. The van der Waals surface area contributed by atoms with E-state index in [1.807, 2.05) is 0 Å². The summed E-state index contributed by atoms with van der Waals surface area (Å²) < 4.78 is 27.0. The van der Waals surface area contributed by atoms with E-state index >= 15 is 0 Å². The third-order valence-corrected chi connectivity index (χ3v) is 3.59. The second-order valence-electron chi connectivity index (χ2n) is 3.09. The van der Waals surface area contributed by atoms with Crippen LogP contribution in [0.4, 0.5) is 8.78 Å². The molecular weight excluding hydrogens is 204 g/mol. The average molecular weight is 213 g/mol. The van der Waals surface area contributed by atoms with Gasteiger partial charge in [-0.1, -0.05) is 0 Å². The number of benzene rings is 1. The normalized spacial score (nSPS) is 11.1. The van der Waals surface area contributed by atoms with E-state index in [1.165, 1.54) is 11.3 Å². The van der Waals surface area contributed by atoms with Crippen molar-refractivity contribution in [3.8, 4) is 0 Å². The molecule has 0 aliphatic rings. The Morgan fingerprint density at radius 2 is 1.93 bits per heavy atom. The van der Waals surface area contributed by atoms with Gasteiger partial charge in [-0.2, -0.15) is 0 Å². The van der Waals surface area contributed by atoms with Gasteiger partial charge in [-0.15, -0.1) is 11.3 Å². The van der Waals surface area contributed by atoms with E-state index in [0.29, 0.717) is 16.6 Å². The molecule has 0 spiro atoms. The van der Waals surface area contributed by atoms with Gasteiger partial charge >= 0.3 is 0 Å². The topological polar surface area (TPSA) is 26.0 Å². The van der Waals surface area contributed by atoms with Gasteiger partial charge < -0.3 is 5.73 Å². The van der Waals surface area contributed by atoms with E-state index in [9.17, 15) is 8.78 Å².